The van der Waals surface area contributed by atoms with E-state index in [4.69, 9.17) is 5.73 Å². The number of nitrogens with two attached hydrogens (primary N) is 1. The van der Waals surface area contributed by atoms with Crippen LogP contribution in [0, 0.1) is 0 Å². The molecule has 1 atom stereocenters. The molecule has 7 heteroatoms. The summed E-state index contributed by atoms with van der Waals surface area (Å²) in [6, 6.07) is -1.46. The van der Waals surface area contributed by atoms with Crippen LogP contribution in [0.1, 0.15) is 6.42 Å². The Hall–Kier alpha value is -0.187. The first-order valence-corrected chi connectivity index (χ1v) is 2.20. The fourth-order valence-corrected chi connectivity index (χ4v) is 0.263. The second-order valence-corrected chi connectivity index (χ2v) is 1.50. The van der Waals surface area contributed by atoms with E-state index < -0.39 is 24.4 Å². The molecule has 0 fully saturated rings. The van der Waals surface area contributed by atoms with Crippen LogP contribution in [0.3, 0.4) is 0 Å². The van der Waals surface area contributed by atoms with E-state index >= 15 is 0 Å². The first kappa shape index (κ1) is 17.1. The van der Waals surface area contributed by atoms with Crippen molar-refractivity contribution in [2.75, 3.05) is 0 Å². The molecule has 0 spiro atoms. The third-order valence-corrected chi connectivity index (χ3v) is 0.689. The predicted molar refractivity (Wildman–Crippen MR) is 29.9 cm³/mol. The average Bonchev–Trinajstić information content (AvgIpc) is 1.63. The number of hydrogen-bond donors (Lipinski definition) is 1. The van der Waals surface area contributed by atoms with E-state index in [1.54, 1.807) is 0 Å². The van der Waals surface area contributed by atoms with Crippen molar-refractivity contribution in [1.82, 2.24) is 0 Å². The summed E-state index contributed by atoms with van der Waals surface area (Å²) in [5, 5.41) is 19.3. The van der Waals surface area contributed by atoms with Crippen molar-refractivity contribution in [3.63, 3.8) is 0 Å². The van der Waals surface area contributed by atoms with Crippen LogP contribution in [0.25, 0.3) is 0 Å². The Balaban J connectivity index is -0.000000320. The normalized spacial score (nSPS) is 10.3. The van der Waals surface area contributed by atoms with E-state index in [1.165, 1.54) is 0 Å². The first-order valence-electron chi connectivity index (χ1n) is 2.20. The molecule has 5 nitrogen and oxygen atoms in total. The van der Waals surface area contributed by atoms with Gasteiger partial charge in [0, 0.05) is 18.4 Å². The Morgan fingerprint density at radius 1 is 1.36 bits per heavy atom. The largest absolute Gasteiger partial charge is 2.00 e. The Bertz CT molecular complexity index is 142. The van der Waals surface area contributed by atoms with Gasteiger partial charge in [-0.05, 0) is 0 Å². The van der Waals surface area contributed by atoms with Crippen molar-refractivity contribution in [1.29, 1.82) is 0 Å². The van der Waals surface area contributed by atoms with E-state index in [9.17, 15) is 19.8 Å². The quantitative estimate of drug-likeness (QED) is 0.512. The summed E-state index contributed by atoms with van der Waals surface area (Å²) in [4.78, 5) is 19.3. The molecule has 1 unspecified atom stereocenters. The van der Waals surface area contributed by atoms with Crippen LogP contribution in [-0.2, 0) is 29.1 Å². The Kier molecular flexibility index (Phi) is 12.3. The molecule has 0 aliphatic heterocycles. The molecule has 2 N–H and O–H groups in total. The molecule has 0 radical (unpaired) electrons. The van der Waals surface area contributed by atoms with Gasteiger partial charge in [-0.1, -0.05) is 0 Å². The standard InChI is InChI=1S/C4H7NO4.ClH.Zn/c5-2(4(8)9)1-3(6)7;;/h2H,1,5H2,(H,6,7)(H,8,9);1H;/q;;+2/p-2. The second kappa shape index (κ2) is 7.92. The third-order valence-electron chi connectivity index (χ3n) is 0.689. The Morgan fingerprint density at radius 3 is 1.82 bits per heavy atom. The molecule has 0 aromatic heterocycles. The molecule has 0 aliphatic carbocycles. The number of rotatable bonds is 3. The summed E-state index contributed by atoms with van der Waals surface area (Å²) < 4.78 is 0. The number of carbonyl (C=O) groups is 2. The fraction of sp³-hybridized carbons (Fsp3) is 0.500. The number of carbonyl (C=O) groups excluding carboxylic acids is 2. The van der Waals surface area contributed by atoms with Crippen LogP contribution in [0.15, 0.2) is 0 Å². The van der Waals surface area contributed by atoms with Crippen molar-refractivity contribution < 1.29 is 39.3 Å². The van der Waals surface area contributed by atoms with Gasteiger partial charge in [-0.15, -0.1) is 12.4 Å². The van der Waals surface area contributed by atoms with Gasteiger partial charge in [-0.3, -0.25) is 0 Å². The number of halogens is 1. The molecule has 60 valence electrons. The Labute approximate surface area is 82.1 Å². The van der Waals surface area contributed by atoms with Crippen molar-refractivity contribution in [2.45, 2.75) is 12.5 Å². The van der Waals surface area contributed by atoms with E-state index in [0.717, 1.165) is 0 Å². The first-order chi connectivity index (χ1) is 4.04. The molecular weight excluding hydrogens is 227 g/mol. The molecular formula is C4H6ClNO4Zn. The summed E-state index contributed by atoms with van der Waals surface area (Å²) in [6.07, 6.45) is -0.706. The predicted octanol–water partition coefficient (Wildman–Crippen LogP) is -3.38. The summed E-state index contributed by atoms with van der Waals surface area (Å²) >= 11 is 0. The zero-order valence-electron chi connectivity index (χ0n) is 5.61. The zero-order valence-corrected chi connectivity index (χ0v) is 9.39. The summed E-state index contributed by atoms with van der Waals surface area (Å²) in [7, 11) is 0. The fourth-order valence-electron chi connectivity index (χ4n) is 0.263. The third kappa shape index (κ3) is 9.81. The van der Waals surface area contributed by atoms with Crippen LogP contribution in [0.2, 0.25) is 0 Å². The number of hydrogen-bond acceptors (Lipinski definition) is 5. The molecule has 0 aromatic carbocycles. The molecule has 0 bridgehead atoms. The zero-order chi connectivity index (χ0) is 7.44. The molecule has 11 heavy (non-hydrogen) atoms. The van der Waals surface area contributed by atoms with Gasteiger partial charge < -0.3 is 25.5 Å². The number of carboxylic acid groups (broad SMARTS) is 2. The van der Waals surface area contributed by atoms with E-state index in [0.29, 0.717) is 0 Å². The van der Waals surface area contributed by atoms with E-state index in [2.05, 4.69) is 0 Å². The molecule has 0 amide bonds. The van der Waals surface area contributed by atoms with Crippen molar-refractivity contribution in [2.24, 2.45) is 5.73 Å². The van der Waals surface area contributed by atoms with E-state index in [1.807, 2.05) is 0 Å². The van der Waals surface area contributed by atoms with Gasteiger partial charge in [-0.2, -0.15) is 0 Å². The molecule has 0 aliphatic rings. The molecule has 0 saturated carbocycles. The molecule has 0 heterocycles. The van der Waals surface area contributed by atoms with Gasteiger partial charge in [-0.25, -0.2) is 0 Å². The SMILES string of the molecule is Cl.NC(CC(=O)[O-])C(=O)[O-].[Zn+2]. The van der Waals surface area contributed by atoms with Crippen LogP contribution >= 0.6 is 12.4 Å². The molecule has 0 rings (SSSR count). The topological polar surface area (TPSA) is 106 Å². The van der Waals surface area contributed by atoms with Gasteiger partial charge in [0.2, 0.25) is 0 Å². The minimum atomic E-state index is -1.58. The number of aliphatic carboxylic acids is 2. The van der Waals surface area contributed by atoms with Gasteiger partial charge >= 0.3 is 19.5 Å². The van der Waals surface area contributed by atoms with Gasteiger partial charge in [0.15, 0.2) is 0 Å². The molecule has 0 aromatic rings. The van der Waals surface area contributed by atoms with Crippen molar-refractivity contribution >= 4 is 24.3 Å². The van der Waals surface area contributed by atoms with Crippen LogP contribution in [0.5, 0.6) is 0 Å². The second-order valence-electron chi connectivity index (χ2n) is 1.50. The number of carboxylic acids is 2. The monoisotopic (exact) mass is 231 g/mol. The van der Waals surface area contributed by atoms with Gasteiger partial charge in [0.1, 0.15) is 0 Å². The maximum atomic E-state index is 9.71. The summed E-state index contributed by atoms with van der Waals surface area (Å²) in [6.45, 7) is 0. The Morgan fingerprint density at radius 2 is 1.73 bits per heavy atom. The van der Waals surface area contributed by atoms with E-state index in [-0.39, 0.29) is 31.9 Å². The van der Waals surface area contributed by atoms with Gasteiger partial charge in [0.05, 0.1) is 5.97 Å². The minimum Gasteiger partial charge on any atom is -0.550 e. The maximum absolute atomic E-state index is 9.71. The van der Waals surface area contributed by atoms with Crippen molar-refractivity contribution in [3.05, 3.63) is 0 Å². The smallest absolute Gasteiger partial charge is 0.550 e. The van der Waals surface area contributed by atoms with Crippen LogP contribution < -0.4 is 15.9 Å². The maximum Gasteiger partial charge on any atom is 2.00 e. The average molecular weight is 233 g/mol. The van der Waals surface area contributed by atoms with Crippen molar-refractivity contribution in [3.8, 4) is 0 Å². The van der Waals surface area contributed by atoms with Gasteiger partial charge in [0.25, 0.3) is 0 Å². The van der Waals surface area contributed by atoms with Crippen LogP contribution in [-0.4, -0.2) is 18.0 Å². The van der Waals surface area contributed by atoms with Crippen LogP contribution in [0.4, 0.5) is 0 Å². The molecule has 0 saturated heterocycles. The summed E-state index contributed by atoms with van der Waals surface area (Å²) in [5.74, 6) is -3.08. The summed E-state index contributed by atoms with van der Waals surface area (Å²) in [5.41, 5.74) is 4.73. The minimum absolute atomic E-state index is 0.